The Morgan fingerprint density at radius 2 is 2.08 bits per heavy atom. The summed E-state index contributed by atoms with van der Waals surface area (Å²) >= 11 is 0. The molecule has 1 saturated carbocycles. The molecule has 5 rings (SSSR count). The number of hydrogen-bond acceptors (Lipinski definition) is 7. The van der Waals surface area contributed by atoms with Crippen LogP contribution < -0.4 is 10.1 Å². The molecule has 0 spiro atoms. The van der Waals surface area contributed by atoms with Crippen LogP contribution in [0.1, 0.15) is 18.7 Å². The fraction of sp³-hybridized carbons (Fsp3) is 0.435. The minimum Gasteiger partial charge on any atom is -0.480 e. The Morgan fingerprint density at radius 1 is 1.33 bits per heavy atom. The van der Waals surface area contributed by atoms with Gasteiger partial charge in [-0.3, -0.25) is 4.79 Å². The van der Waals surface area contributed by atoms with E-state index in [1.165, 1.54) is 30.7 Å². The van der Waals surface area contributed by atoms with Crippen LogP contribution in [0.5, 0.6) is 5.88 Å². The van der Waals surface area contributed by atoms with E-state index < -0.39 is 24.5 Å². The second kappa shape index (κ2) is 8.64. The lowest BCUT2D eigenvalue weighted by Gasteiger charge is -2.41. The molecule has 4 aromatic rings. The Kier molecular flexibility index (Phi) is 5.72. The van der Waals surface area contributed by atoms with Gasteiger partial charge in [0.15, 0.2) is 11.3 Å². The highest BCUT2D eigenvalue weighted by Crippen LogP contribution is 2.40. The van der Waals surface area contributed by atoms with Crippen molar-refractivity contribution in [1.82, 2.24) is 34.4 Å². The molecule has 0 bridgehead atoms. The van der Waals surface area contributed by atoms with Crippen LogP contribution in [-0.4, -0.2) is 79.6 Å². The summed E-state index contributed by atoms with van der Waals surface area (Å²) < 4.78 is 47.9. The first-order valence-electron chi connectivity index (χ1n) is 11.3. The number of imidazole rings is 1. The van der Waals surface area contributed by atoms with Crippen molar-refractivity contribution in [1.29, 1.82) is 0 Å². The fourth-order valence-corrected chi connectivity index (χ4v) is 4.66. The van der Waals surface area contributed by atoms with Crippen LogP contribution in [0.2, 0.25) is 0 Å². The molecule has 0 unspecified atom stereocenters. The molecule has 1 amide bonds. The molecule has 13 heteroatoms. The number of amides is 1. The maximum Gasteiger partial charge on any atom is 0.259 e. The van der Waals surface area contributed by atoms with Crippen LogP contribution in [-0.2, 0) is 11.3 Å². The van der Waals surface area contributed by atoms with E-state index in [4.69, 9.17) is 4.74 Å². The van der Waals surface area contributed by atoms with Crippen molar-refractivity contribution < 1.29 is 22.7 Å². The van der Waals surface area contributed by atoms with E-state index in [2.05, 4.69) is 30.2 Å². The van der Waals surface area contributed by atoms with Crippen molar-refractivity contribution in [2.24, 2.45) is 0 Å². The lowest BCUT2D eigenvalue weighted by Crippen LogP contribution is -2.56. The van der Waals surface area contributed by atoms with Gasteiger partial charge in [-0.15, -0.1) is 0 Å². The number of aromatic amines is 1. The van der Waals surface area contributed by atoms with Gasteiger partial charge >= 0.3 is 0 Å². The van der Waals surface area contributed by atoms with Crippen molar-refractivity contribution in [3.05, 3.63) is 24.3 Å². The second-order valence-electron chi connectivity index (χ2n) is 9.12. The highest BCUT2D eigenvalue weighted by Gasteiger charge is 2.52. The molecule has 4 aromatic heterocycles. The van der Waals surface area contributed by atoms with E-state index in [1.54, 1.807) is 25.4 Å². The molecule has 1 aliphatic rings. The lowest BCUT2D eigenvalue weighted by atomic mass is 9.76. The molecule has 2 N–H and O–H groups in total. The zero-order chi connectivity index (χ0) is 25.8. The molecule has 0 aliphatic heterocycles. The van der Waals surface area contributed by atoms with E-state index in [9.17, 15) is 18.0 Å². The highest BCUT2D eigenvalue weighted by atomic mass is 19.3. The van der Waals surface area contributed by atoms with Gasteiger partial charge in [0.1, 0.15) is 11.5 Å². The molecule has 1 fully saturated rings. The summed E-state index contributed by atoms with van der Waals surface area (Å²) in [6.45, 7) is 1.18. The van der Waals surface area contributed by atoms with E-state index >= 15 is 0 Å². The number of carbonyl (C=O) groups excluding carboxylic acids is 1. The second-order valence-corrected chi connectivity index (χ2v) is 9.12. The average Bonchev–Trinajstić information content (AvgIpc) is 3.37. The normalized spacial score (nSPS) is 19.6. The molecule has 36 heavy (non-hydrogen) atoms. The molecule has 4 heterocycles. The maximum absolute atomic E-state index is 14.7. The number of rotatable bonds is 7. The fourth-order valence-electron chi connectivity index (χ4n) is 4.66. The van der Waals surface area contributed by atoms with Gasteiger partial charge in [0, 0.05) is 56.5 Å². The first-order valence-corrected chi connectivity index (χ1v) is 11.3. The molecule has 0 atom stereocenters. The number of aryl methyl sites for hydroxylation is 1. The number of aromatic nitrogens is 6. The van der Waals surface area contributed by atoms with Crippen molar-refractivity contribution in [2.75, 3.05) is 26.5 Å². The van der Waals surface area contributed by atoms with Crippen LogP contribution in [0.25, 0.3) is 33.3 Å². The predicted molar refractivity (Wildman–Crippen MR) is 127 cm³/mol. The lowest BCUT2D eigenvalue weighted by molar-refractivity contribution is -0.147. The third kappa shape index (κ3) is 3.97. The molecule has 0 saturated heterocycles. The molecule has 1 aliphatic carbocycles. The molecule has 10 nitrogen and oxygen atoms in total. The number of H-pyrrole nitrogens is 1. The Bertz CT molecular complexity index is 1460. The molecule has 0 radical (unpaired) electrons. The summed E-state index contributed by atoms with van der Waals surface area (Å²) in [5.74, 6) is 0.396. The van der Waals surface area contributed by atoms with Crippen molar-refractivity contribution in [3.63, 3.8) is 0 Å². The van der Waals surface area contributed by atoms with Crippen molar-refractivity contribution in [2.45, 2.75) is 44.4 Å². The number of anilines is 1. The summed E-state index contributed by atoms with van der Waals surface area (Å²) in [6.07, 6.45) is 0.812. The summed E-state index contributed by atoms with van der Waals surface area (Å²) in [6, 6.07) is 1.44. The first kappa shape index (κ1) is 23.8. The van der Waals surface area contributed by atoms with Crippen LogP contribution in [0.3, 0.4) is 0 Å². The third-order valence-electron chi connectivity index (χ3n) is 6.38. The van der Waals surface area contributed by atoms with Crippen molar-refractivity contribution in [3.8, 4) is 17.0 Å². The van der Waals surface area contributed by atoms with Crippen LogP contribution in [0.4, 0.5) is 19.1 Å². The van der Waals surface area contributed by atoms with Gasteiger partial charge in [0.25, 0.3) is 12.3 Å². The van der Waals surface area contributed by atoms with E-state index in [0.717, 1.165) is 0 Å². The van der Waals surface area contributed by atoms with Crippen LogP contribution in [0, 0.1) is 6.92 Å². The van der Waals surface area contributed by atoms with Crippen molar-refractivity contribution >= 4 is 34.1 Å². The number of fused-ring (bicyclic) bond motifs is 2. The molecular formula is C23H25F3N8O2. The molecule has 0 aromatic carbocycles. The summed E-state index contributed by atoms with van der Waals surface area (Å²) in [4.78, 5) is 33.9. The zero-order valence-corrected chi connectivity index (χ0v) is 20.1. The topological polar surface area (TPSA) is 114 Å². The number of nitrogens with one attached hydrogen (secondary N) is 2. The summed E-state index contributed by atoms with van der Waals surface area (Å²) in [7, 11) is 4.52. The highest BCUT2D eigenvalue weighted by molar-refractivity contribution is 5.98. The number of halogens is 3. The zero-order valence-electron chi connectivity index (χ0n) is 20.1. The van der Waals surface area contributed by atoms with Gasteiger partial charge in [-0.05, 0) is 13.0 Å². The quantitative estimate of drug-likeness (QED) is 0.399. The number of carbonyl (C=O) groups is 1. The molecular weight excluding hydrogens is 477 g/mol. The van der Waals surface area contributed by atoms with E-state index in [1.807, 2.05) is 0 Å². The number of pyridine rings is 1. The summed E-state index contributed by atoms with van der Waals surface area (Å²) in [5, 5.41) is 3.65. The maximum atomic E-state index is 14.7. The smallest absolute Gasteiger partial charge is 0.259 e. The van der Waals surface area contributed by atoms with Gasteiger partial charge < -0.3 is 24.5 Å². The monoisotopic (exact) mass is 502 g/mol. The first-order chi connectivity index (χ1) is 17.1. The van der Waals surface area contributed by atoms with Gasteiger partial charge in [-0.2, -0.15) is 9.97 Å². The Hall–Kier alpha value is -3.90. The van der Waals surface area contributed by atoms with Gasteiger partial charge in [-0.25, -0.2) is 23.1 Å². The predicted octanol–water partition coefficient (Wildman–Crippen LogP) is 3.32. The Balaban J connectivity index is 1.46. The number of ether oxygens (including phenoxy) is 1. The molecule has 190 valence electrons. The van der Waals surface area contributed by atoms with Crippen LogP contribution >= 0.6 is 0 Å². The third-order valence-corrected chi connectivity index (χ3v) is 6.38. The number of nitrogens with zero attached hydrogens (tertiary/aromatic N) is 6. The number of hydrogen-bond donors (Lipinski definition) is 2. The summed E-state index contributed by atoms with van der Waals surface area (Å²) in [5.41, 5.74) is 0.763. The van der Waals surface area contributed by atoms with Crippen LogP contribution in [0.15, 0.2) is 18.5 Å². The van der Waals surface area contributed by atoms with E-state index in [0.29, 0.717) is 39.1 Å². The number of methoxy groups -OCH3 is 1. The largest absolute Gasteiger partial charge is 0.480 e. The van der Waals surface area contributed by atoms with Gasteiger partial charge in [0.05, 0.1) is 24.6 Å². The van der Waals surface area contributed by atoms with Gasteiger partial charge in [0.2, 0.25) is 11.8 Å². The Labute approximate surface area is 203 Å². The minimum atomic E-state index is -2.53. The minimum absolute atomic E-state index is 0.0150. The number of alkyl halides is 3. The average molecular weight is 503 g/mol. The van der Waals surface area contributed by atoms with Gasteiger partial charge in [-0.1, -0.05) is 0 Å². The van der Waals surface area contributed by atoms with E-state index in [-0.39, 0.29) is 30.7 Å². The Morgan fingerprint density at radius 3 is 2.75 bits per heavy atom. The standard InChI is InChI=1S/C23H25F3N8O2/c1-11-29-18-15(34(11)10-16(24)25)5-12(8-27-18)14-9-28-19-17(14)20(36-4)32-22(31-19)30-13-6-23(26,7-13)21(35)33(2)3/h5,8-9,13,16H,6-7,10H2,1-4H3,(H2,28,30,31,32). The SMILES string of the molecule is COc1nc(NC2CC(F)(C(=O)N(C)C)C2)nc2[nH]cc(-c3cnc4nc(C)n(CC(F)F)c4c3)c12.